The summed E-state index contributed by atoms with van der Waals surface area (Å²) >= 11 is 0. The molecule has 0 aromatic rings. The Kier molecular flexibility index (Phi) is 2.80. The predicted molar refractivity (Wildman–Crippen MR) is 42.1 cm³/mol. The van der Waals surface area contributed by atoms with Crippen LogP contribution in [0.5, 0.6) is 0 Å². The van der Waals surface area contributed by atoms with Crippen molar-refractivity contribution in [3.8, 4) is 0 Å². The molecule has 2 aliphatic heterocycles. The van der Waals surface area contributed by atoms with Crippen LogP contribution in [0.15, 0.2) is 0 Å². The summed E-state index contributed by atoms with van der Waals surface area (Å²) in [6.45, 7) is 0.985. The number of ether oxygens (including phenoxy) is 3. The van der Waals surface area contributed by atoms with Gasteiger partial charge in [-0.05, 0) is 0 Å². The number of hydrogen-bond acceptors (Lipinski definition) is 5. The molecule has 0 aliphatic carbocycles. The molecule has 5 nitrogen and oxygen atoms in total. The molecular formula is C8H14O5. The normalized spacial score (nSPS) is 41.5. The van der Waals surface area contributed by atoms with E-state index in [4.69, 9.17) is 19.3 Å². The monoisotopic (exact) mass is 190 g/mol. The highest BCUT2D eigenvalue weighted by atomic mass is 16.7. The van der Waals surface area contributed by atoms with Gasteiger partial charge in [0, 0.05) is 6.42 Å². The lowest BCUT2D eigenvalue weighted by atomic mass is 10.1. The third kappa shape index (κ3) is 1.84. The van der Waals surface area contributed by atoms with Gasteiger partial charge in [-0.15, -0.1) is 0 Å². The van der Waals surface area contributed by atoms with E-state index in [1.54, 1.807) is 0 Å². The van der Waals surface area contributed by atoms with E-state index >= 15 is 0 Å². The van der Waals surface area contributed by atoms with E-state index in [1.807, 2.05) is 0 Å². The Morgan fingerprint density at radius 3 is 2.46 bits per heavy atom. The van der Waals surface area contributed by atoms with Gasteiger partial charge >= 0.3 is 0 Å². The highest BCUT2D eigenvalue weighted by molar-refractivity contribution is 4.84. The first-order valence-corrected chi connectivity index (χ1v) is 4.49. The van der Waals surface area contributed by atoms with Gasteiger partial charge in [0.2, 0.25) is 0 Å². The van der Waals surface area contributed by atoms with Crippen LogP contribution in [-0.4, -0.2) is 54.6 Å². The summed E-state index contributed by atoms with van der Waals surface area (Å²) in [7, 11) is 0. The minimum Gasteiger partial charge on any atom is -0.394 e. The molecule has 3 atom stereocenters. The van der Waals surface area contributed by atoms with Gasteiger partial charge in [-0.1, -0.05) is 0 Å². The zero-order chi connectivity index (χ0) is 9.26. The molecule has 0 saturated carbocycles. The third-order valence-corrected chi connectivity index (χ3v) is 2.38. The fourth-order valence-corrected chi connectivity index (χ4v) is 1.69. The van der Waals surface area contributed by atoms with Crippen molar-refractivity contribution in [2.45, 2.75) is 31.0 Å². The molecule has 5 heteroatoms. The molecule has 0 spiro atoms. The summed E-state index contributed by atoms with van der Waals surface area (Å²) in [5.41, 5.74) is 0. The topological polar surface area (TPSA) is 68.2 Å². The summed E-state index contributed by atoms with van der Waals surface area (Å²) in [6.07, 6.45) is -1.24. The zero-order valence-electron chi connectivity index (χ0n) is 7.26. The Balaban J connectivity index is 1.88. The van der Waals surface area contributed by atoms with Crippen LogP contribution in [0.3, 0.4) is 0 Å². The van der Waals surface area contributed by atoms with Gasteiger partial charge in [-0.2, -0.15) is 0 Å². The van der Waals surface area contributed by atoms with Crippen LogP contribution in [0, 0.1) is 0 Å². The van der Waals surface area contributed by atoms with Crippen molar-refractivity contribution in [2.24, 2.45) is 0 Å². The first-order valence-electron chi connectivity index (χ1n) is 4.49. The Hall–Kier alpha value is -0.200. The van der Waals surface area contributed by atoms with Crippen LogP contribution < -0.4 is 0 Å². The number of aliphatic hydroxyl groups excluding tert-OH is 2. The zero-order valence-corrected chi connectivity index (χ0v) is 7.26. The Labute approximate surface area is 76.2 Å². The third-order valence-electron chi connectivity index (χ3n) is 2.38. The summed E-state index contributed by atoms with van der Waals surface area (Å²) in [5, 5.41) is 18.3. The summed E-state index contributed by atoms with van der Waals surface area (Å²) in [4.78, 5) is 0. The molecule has 0 aromatic heterocycles. The quantitative estimate of drug-likeness (QED) is 0.576. The minimum atomic E-state index is -0.609. The second-order valence-electron chi connectivity index (χ2n) is 3.31. The van der Waals surface area contributed by atoms with Gasteiger partial charge in [0.25, 0.3) is 0 Å². The summed E-state index contributed by atoms with van der Waals surface area (Å²) < 4.78 is 15.8. The fourth-order valence-electron chi connectivity index (χ4n) is 1.69. The van der Waals surface area contributed by atoms with Crippen molar-refractivity contribution >= 4 is 0 Å². The summed E-state index contributed by atoms with van der Waals surface area (Å²) in [6, 6.07) is 0. The lowest BCUT2D eigenvalue weighted by Crippen LogP contribution is -2.28. The van der Waals surface area contributed by atoms with Crippen molar-refractivity contribution in [1.82, 2.24) is 0 Å². The SMILES string of the molecule is OC[C@@H]1O[C@H](C2OCCO2)C[C@@H]1O. The summed E-state index contributed by atoms with van der Waals surface area (Å²) in [5.74, 6) is 0. The second-order valence-corrected chi connectivity index (χ2v) is 3.31. The van der Waals surface area contributed by atoms with Crippen LogP contribution in [0.4, 0.5) is 0 Å². The Bertz CT molecular complexity index is 168. The molecule has 2 rings (SSSR count). The molecule has 0 bridgehead atoms. The van der Waals surface area contributed by atoms with Gasteiger partial charge in [0.05, 0.1) is 25.9 Å². The first-order chi connectivity index (χ1) is 6.31. The molecule has 0 aromatic carbocycles. The van der Waals surface area contributed by atoms with E-state index in [0.717, 1.165) is 0 Å². The second kappa shape index (κ2) is 3.89. The van der Waals surface area contributed by atoms with Crippen LogP contribution in [0.1, 0.15) is 6.42 Å². The van der Waals surface area contributed by atoms with Gasteiger partial charge in [-0.3, -0.25) is 0 Å². The van der Waals surface area contributed by atoms with E-state index in [2.05, 4.69) is 0 Å². The lowest BCUT2D eigenvalue weighted by molar-refractivity contribution is -0.143. The van der Waals surface area contributed by atoms with Gasteiger partial charge < -0.3 is 24.4 Å². The maximum absolute atomic E-state index is 9.42. The molecular weight excluding hydrogens is 176 g/mol. The molecule has 0 unspecified atom stereocenters. The molecule has 13 heavy (non-hydrogen) atoms. The minimum absolute atomic E-state index is 0.162. The van der Waals surface area contributed by atoms with E-state index in [0.29, 0.717) is 19.6 Å². The Morgan fingerprint density at radius 2 is 1.92 bits per heavy atom. The standard InChI is InChI=1S/C8H14O5/c9-4-7-5(10)3-6(13-7)8-11-1-2-12-8/h5-10H,1-4H2/t5-,6-,7-/m0/s1. The largest absolute Gasteiger partial charge is 0.394 e. The highest BCUT2D eigenvalue weighted by Gasteiger charge is 2.40. The first kappa shape index (κ1) is 9.36. The van der Waals surface area contributed by atoms with Crippen molar-refractivity contribution in [3.05, 3.63) is 0 Å². The molecule has 2 N–H and O–H groups in total. The van der Waals surface area contributed by atoms with E-state index in [9.17, 15) is 5.11 Å². The average Bonchev–Trinajstić information content (AvgIpc) is 2.71. The average molecular weight is 190 g/mol. The van der Waals surface area contributed by atoms with E-state index < -0.39 is 12.2 Å². The number of hydrogen-bond donors (Lipinski definition) is 2. The van der Waals surface area contributed by atoms with Crippen molar-refractivity contribution < 1.29 is 24.4 Å². The molecule has 2 saturated heterocycles. The van der Waals surface area contributed by atoms with Gasteiger partial charge in [0.1, 0.15) is 12.2 Å². The van der Waals surface area contributed by atoms with Crippen LogP contribution in [0.2, 0.25) is 0 Å². The molecule has 2 fully saturated rings. The van der Waals surface area contributed by atoms with Crippen molar-refractivity contribution in [3.63, 3.8) is 0 Å². The lowest BCUT2D eigenvalue weighted by Gasteiger charge is -2.16. The molecule has 76 valence electrons. The van der Waals surface area contributed by atoms with Gasteiger partial charge in [-0.25, -0.2) is 0 Å². The van der Waals surface area contributed by atoms with Crippen LogP contribution >= 0.6 is 0 Å². The van der Waals surface area contributed by atoms with Crippen molar-refractivity contribution in [2.75, 3.05) is 19.8 Å². The molecule has 2 aliphatic rings. The maximum atomic E-state index is 9.42. The number of aliphatic hydroxyl groups is 2. The predicted octanol–water partition coefficient (Wildman–Crippen LogP) is -1.13. The smallest absolute Gasteiger partial charge is 0.184 e. The Morgan fingerprint density at radius 1 is 1.23 bits per heavy atom. The molecule has 2 heterocycles. The van der Waals surface area contributed by atoms with Crippen molar-refractivity contribution in [1.29, 1.82) is 0 Å². The molecule has 0 radical (unpaired) electrons. The van der Waals surface area contributed by atoms with E-state index in [1.165, 1.54) is 0 Å². The maximum Gasteiger partial charge on any atom is 0.184 e. The van der Waals surface area contributed by atoms with E-state index in [-0.39, 0.29) is 19.0 Å². The van der Waals surface area contributed by atoms with Gasteiger partial charge in [0.15, 0.2) is 6.29 Å². The van der Waals surface area contributed by atoms with Crippen LogP contribution in [0.25, 0.3) is 0 Å². The molecule has 0 amide bonds. The van der Waals surface area contributed by atoms with Crippen LogP contribution in [-0.2, 0) is 14.2 Å². The number of rotatable bonds is 2. The highest BCUT2D eigenvalue weighted by Crippen LogP contribution is 2.26. The fraction of sp³-hybridized carbons (Fsp3) is 1.00.